The van der Waals surface area contributed by atoms with Crippen molar-refractivity contribution in [2.24, 2.45) is 0 Å². The summed E-state index contributed by atoms with van der Waals surface area (Å²) in [7, 11) is 0. The van der Waals surface area contributed by atoms with Crippen LogP contribution in [-0.2, 0) is 0 Å². The number of para-hydroxylation sites is 3. The molecule has 9 aromatic carbocycles. The number of hydrogen-bond donors (Lipinski definition) is 0. The molecule has 2 heterocycles. The highest BCUT2D eigenvalue weighted by Crippen LogP contribution is 2.56. The van der Waals surface area contributed by atoms with Gasteiger partial charge in [0.05, 0.1) is 27.8 Å². The van der Waals surface area contributed by atoms with E-state index in [9.17, 15) is 0 Å². The van der Waals surface area contributed by atoms with E-state index in [0.29, 0.717) is 0 Å². The summed E-state index contributed by atoms with van der Waals surface area (Å²) in [5.41, 5.74) is 13.6. The normalized spacial score (nSPS) is 12.2. The molecule has 0 aliphatic heterocycles. The zero-order valence-corrected chi connectivity index (χ0v) is 28.6. The summed E-state index contributed by atoms with van der Waals surface area (Å²) < 4.78 is 8.92. The molecule has 11 aromatic rings. The summed E-state index contributed by atoms with van der Waals surface area (Å²) in [5, 5.41) is 9.77. The van der Waals surface area contributed by atoms with Crippen molar-refractivity contribution in [2.45, 2.75) is 0 Å². The van der Waals surface area contributed by atoms with Gasteiger partial charge in [0.15, 0.2) is 0 Å². The topological polar surface area (TPSA) is 21.3 Å². The Labute approximate surface area is 305 Å². The predicted octanol–water partition coefficient (Wildman–Crippen LogP) is 14.1. The Kier molecular flexibility index (Phi) is 5.77. The van der Waals surface area contributed by atoms with E-state index in [1.807, 2.05) is 6.07 Å². The lowest BCUT2D eigenvalue weighted by atomic mass is 9.94. The third-order valence-corrected chi connectivity index (χ3v) is 11.3. The average molecular weight is 675 g/mol. The van der Waals surface area contributed by atoms with Crippen LogP contribution < -0.4 is 4.90 Å². The van der Waals surface area contributed by atoms with Gasteiger partial charge in [-0.2, -0.15) is 0 Å². The number of fused-ring (bicyclic) bond motifs is 11. The van der Waals surface area contributed by atoms with Gasteiger partial charge in [-0.25, -0.2) is 0 Å². The summed E-state index contributed by atoms with van der Waals surface area (Å²) in [4.78, 5) is 2.48. The Bertz CT molecular complexity index is 3290. The van der Waals surface area contributed by atoms with E-state index < -0.39 is 0 Å². The van der Waals surface area contributed by atoms with Gasteiger partial charge in [-0.3, -0.25) is 0 Å². The van der Waals surface area contributed by atoms with Crippen LogP contribution in [0.5, 0.6) is 0 Å². The number of furan rings is 1. The van der Waals surface area contributed by atoms with Gasteiger partial charge in [0.25, 0.3) is 0 Å². The second kappa shape index (κ2) is 10.7. The highest BCUT2D eigenvalue weighted by Gasteiger charge is 2.30. The van der Waals surface area contributed by atoms with E-state index in [0.717, 1.165) is 50.2 Å². The number of anilines is 3. The van der Waals surface area contributed by atoms with Crippen LogP contribution in [-0.4, -0.2) is 4.57 Å². The third-order valence-electron chi connectivity index (χ3n) is 11.3. The van der Waals surface area contributed by atoms with Crippen molar-refractivity contribution in [2.75, 3.05) is 4.90 Å². The molecule has 0 spiro atoms. The van der Waals surface area contributed by atoms with Crippen molar-refractivity contribution in [1.29, 1.82) is 0 Å². The standard InChI is InChI=1S/C50H30N2O/c1-2-15-33(16-3-1)51-41-22-8-6-18-36(41)37-28-27-34(30-44(37)51)52(42-24-12-26-46-48(42)40-19-7-9-25-45(40)53-46)43-23-11-21-39-38-20-10-14-32-29-31-13-4-5-17-35(31)50(47(32)38)49(39)43/h1-30H. The SMILES string of the molecule is c1ccc(-n2c3ccccc3c3ccc(N(c4cccc5c4-c4c6ccccc6cc6cccc-5c46)c4cccc5oc6ccccc6c45)cc32)cc1. The smallest absolute Gasteiger partial charge is 0.137 e. The molecule has 0 fully saturated rings. The molecule has 3 heteroatoms. The molecular formula is C50H30N2O. The van der Waals surface area contributed by atoms with Crippen molar-refractivity contribution in [3.8, 4) is 27.9 Å². The zero-order valence-electron chi connectivity index (χ0n) is 28.6. The van der Waals surface area contributed by atoms with E-state index in [1.54, 1.807) is 0 Å². The fourth-order valence-electron chi connectivity index (χ4n) is 9.12. The number of hydrogen-bond acceptors (Lipinski definition) is 2. The minimum atomic E-state index is 0.872. The van der Waals surface area contributed by atoms with Gasteiger partial charge in [-0.15, -0.1) is 0 Å². The summed E-state index contributed by atoms with van der Waals surface area (Å²) in [5.74, 6) is 0. The van der Waals surface area contributed by atoms with Crippen LogP contribution >= 0.6 is 0 Å². The Morgan fingerprint density at radius 3 is 2.00 bits per heavy atom. The van der Waals surface area contributed by atoms with E-state index in [4.69, 9.17) is 4.42 Å². The van der Waals surface area contributed by atoms with Crippen molar-refractivity contribution in [3.05, 3.63) is 182 Å². The van der Waals surface area contributed by atoms with E-state index in [-0.39, 0.29) is 0 Å². The maximum Gasteiger partial charge on any atom is 0.137 e. The lowest BCUT2D eigenvalue weighted by Crippen LogP contribution is -2.12. The molecule has 0 radical (unpaired) electrons. The Morgan fingerprint density at radius 2 is 1.08 bits per heavy atom. The summed E-state index contributed by atoms with van der Waals surface area (Å²) in [6.45, 7) is 0. The number of benzene rings is 9. The monoisotopic (exact) mass is 674 g/mol. The molecule has 53 heavy (non-hydrogen) atoms. The molecule has 2 aromatic heterocycles. The summed E-state index contributed by atoms with van der Waals surface area (Å²) in [6.07, 6.45) is 0. The minimum Gasteiger partial charge on any atom is -0.456 e. The van der Waals surface area contributed by atoms with E-state index in [1.165, 1.54) is 60.1 Å². The molecule has 1 aliphatic carbocycles. The van der Waals surface area contributed by atoms with Gasteiger partial charge in [0, 0.05) is 38.7 Å². The van der Waals surface area contributed by atoms with Crippen LogP contribution in [0.2, 0.25) is 0 Å². The van der Waals surface area contributed by atoms with Gasteiger partial charge >= 0.3 is 0 Å². The Morgan fingerprint density at radius 1 is 0.396 bits per heavy atom. The average Bonchev–Trinajstić information content (AvgIpc) is 3.88. The molecule has 0 N–H and O–H groups in total. The van der Waals surface area contributed by atoms with Crippen molar-refractivity contribution < 1.29 is 4.42 Å². The zero-order chi connectivity index (χ0) is 34.6. The van der Waals surface area contributed by atoms with Crippen LogP contribution in [0.15, 0.2) is 186 Å². The molecule has 3 nitrogen and oxygen atoms in total. The predicted molar refractivity (Wildman–Crippen MR) is 222 cm³/mol. The molecule has 246 valence electrons. The first-order chi connectivity index (χ1) is 26.3. The molecule has 0 amide bonds. The van der Waals surface area contributed by atoms with Gasteiger partial charge in [-0.1, -0.05) is 121 Å². The molecule has 0 unspecified atom stereocenters. The van der Waals surface area contributed by atoms with Gasteiger partial charge in [0.2, 0.25) is 0 Å². The van der Waals surface area contributed by atoms with Gasteiger partial charge < -0.3 is 13.9 Å². The quantitative estimate of drug-likeness (QED) is 0.173. The Hall–Kier alpha value is -7.10. The molecule has 0 saturated carbocycles. The third kappa shape index (κ3) is 3.94. The van der Waals surface area contributed by atoms with Gasteiger partial charge in [0.1, 0.15) is 11.2 Å². The van der Waals surface area contributed by atoms with Crippen molar-refractivity contribution in [3.63, 3.8) is 0 Å². The first-order valence-corrected chi connectivity index (χ1v) is 18.2. The molecule has 0 atom stereocenters. The number of nitrogens with zero attached hydrogens (tertiary/aromatic N) is 2. The van der Waals surface area contributed by atoms with E-state index in [2.05, 4.69) is 185 Å². The Balaban J connectivity index is 1.23. The van der Waals surface area contributed by atoms with Gasteiger partial charge in [-0.05, 0) is 93.3 Å². The summed E-state index contributed by atoms with van der Waals surface area (Å²) in [6, 6.07) is 66.0. The highest BCUT2D eigenvalue weighted by atomic mass is 16.3. The molecule has 12 rings (SSSR count). The van der Waals surface area contributed by atoms with Crippen LogP contribution in [0.4, 0.5) is 17.1 Å². The highest BCUT2D eigenvalue weighted by molar-refractivity contribution is 6.27. The molecule has 0 bridgehead atoms. The van der Waals surface area contributed by atoms with Crippen LogP contribution in [0, 0.1) is 0 Å². The van der Waals surface area contributed by atoms with Crippen LogP contribution in [0.3, 0.4) is 0 Å². The fourth-order valence-corrected chi connectivity index (χ4v) is 9.12. The molecular weight excluding hydrogens is 645 g/mol. The first kappa shape index (κ1) is 28.6. The maximum atomic E-state index is 6.52. The number of rotatable bonds is 4. The number of aromatic nitrogens is 1. The lowest BCUT2D eigenvalue weighted by molar-refractivity contribution is 0.669. The largest absolute Gasteiger partial charge is 0.456 e. The van der Waals surface area contributed by atoms with Crippen LogP contribution in [0.1, 0.15) is 0 Å². The second-order valence-electron chi connectivity index (χ2n) is 14.0. The minimum absolute atomic E-state index is 0.872. The summed E-state index contributed by atoms with van der Waals surface area (Å²) >= 11 is 0. The fraction of sp³-hybridized carbons (Fsp3) is 0. The molecule has 1 aliphatic rings. The van der Waals surface area contributed by atoms with E-state index >= 15 is 0 Å². The van der Waals surface area contributed by atoms with Crippen molar-refractivity contribution in [1.82, 2.24) is 4.57 Å². The first-order valence-electron chi connectivity index (χ1n) is 18.2. The maximum absolute atomic E-state index is 6.52. The van der Waals surface area contributed by atoms with Crippen molar-refractivity contribution >= 4 is 82.4 Å². The lowest BCUT2D eigenvalue weighted by Gasteiger charge is -2.29. The van der Waals surface area contributed by atoms with Crippen LogP contribution in [0.25, 0.3) is 93.2 Å². The molecule has 0 saturated heterocycles. The second-order valence-corrected chi connectivity index (χ2v) is 14.0.